The Balaban J connectivity index is 1.95. The Morgan fingerprint density at radius 3 is 1.84 bits per heavy atom. The number of halogens is 3. The van der Waals surface area contributed by atoms with Gasteiger partial charge in [-0.25, -0.2) is 0 Å². The first-order valence-corrected chi connectivity index (χ1v) is 5.55. The minimum absolute atomic E-state index is 0.151. The van der Waals surface area contributed by atoms with Crippen molar-refractivity contribution >= 4 is 0 Å². The van der Waals surface area contributed by atoms with Crippen LogP contribution in [0.5, 0.6) is 17.2 Å². The normalized spacial score (nSPS) is 11.1. The van der Waals surface area contributed by atoms with E-state index in [1.165, 1.54) is 12.1 Å². The van der Waals surface area contributed by atoms with Crippen molar-refractivity contribution < 1.29 is 22.6 Å². The molecule has 0 unspecified atom stereocenters. The highest BCUT2D eigenvalue weighted by molar-refractivity contribution is 5.35. The molecule has 0 aliphatic carbocycles. The summed E-state index contributed by atoms with van der Waals surface area (Å²) in [6.45, 7) is -1.30. The molecule has 19 heavy (non-hydrogen) atoms. The Hall–Kier alpha value is -2.17. The average Bonchev–Trinajstić information content (AvgIpc) is 2.38. The summed E-state index contributed by atoms with van der Waals surface area (Å²) < 4.78 is 46.0. The van der Waals surface area contributed by atoms with Crippen LogP contribution >= 0.6 is 0 Å². The van der Waals surface area contributed by atoms with Crippen molar-refractivity contribution in [1.82, 2.24) is 0 Å². The highest BCUT2D eigenvalue weighted by Crippen LogP contribution is 2.24. The number of hydrogen-bond acceptors (Lipinski definition) is 2. The first kappa shape index (κ1) is 13.3. The van der Waals surface area contributed by atoms with Gasteiger partial charge in [0.25, 0.3) is 0 Å². The summed E-state index contributed by atoms with van der Waals surface area (Å²) in [6.07, 6.45) is -4.33. The summed E-state index contributed by atoms with van der Waals surface area (Å²) in [5.41, 5.74) is 0. The molecule has 0 aliphatic heterocycles. The second kappa shape index (κ2) is 5.65. The van der Waals surface area contributed by atoms with Crippen molar-refractivity contribution in [2.75, 3.05) is 6.61 Å². The second-order valence-corrected chi connectivity index (χ2v) is 3.79. The highest BCUT2D eigenvalue weighted by Gasteiger charge is 2.28. The van der Waals surface area contributed by atoms with Gasteiger partial charge >= 0.3 is 6.18 Å². The van der Waals surface area contributed by atoms with Gasteiger partial charge in [0.1, 0.15) is 17.2 Å². The van der Waals surface area contributed by atoms with Crippen LogP contribution in [-0.2, 0) is 0 Å². The molecule has 0 amide bonds. The van der Waals surface area contributed by atoms with Crippen molar-refractivity contribution in [3.8, 4) is 17.2 Å². The first-order valence-electron chi connectivity index (χ1n) is 5.55. The SMILES string of the molecule is FC(F)(F)COc1ccc(Oc2ccccc2)cc1. The molecule has 0 radical (unpaired) electrons. The van der Waals surface area contributed by atoms with Gasteiger partial charge in [0.2, 0.25) is 0 Å². The van der Waals surface area contributed by atoms with E-state index in [-0.39, 0.29) is 5.75 Å². The molecule has 0 saturated heterocycles. The first-order chi connectivity index (χ1) is 9.03. The van der Waals surface area contributed by atoms with Gasteiger partial charge in [-0.1, -0.05) is 18.2 Å². The lowest BCUT2D eigenvalue weighted by Crippen LogP contribution is -2.19. The molecule has 2 rings (SSSR count). The fraction of sp³-hybridized carbons (Fsp3) is 0.143. The second-order valence-electron chi connectivity index (χ2n) is 3.79. The third-order valence-corrected chi connectivity index (χ3v) is 2.21. The molecular formula is C14H11F3O2. The van der Waals surface area contributed by atoms with Crippen LogP contribution in [0.1, 0.15) is 0 Å². The number of hydrogen-bond donors (Lipinski definition) is 0. The quantitative estimate of drug-likeness (QED) is 0.817. The topological polar surface area (TPSA) is 18.5 Å². The zero-order chi connectivity index (χ0) is 13.7. The summed E-state index contributed by atoms with van der Waals surface area (Å²) in [6, 6.07) is 15.1. The molecule has 0 bridgehead atoms. The largest absolute Gasteiger partial charge is 0.484 e. The van der Waals surface area contributed by atoms with Crippen LogP contribution in [0.3, 0.4) is 0 Å². The summed E-state index contributed by atoms with van der Waals surface area (Å²) in [7, 11) is 0. The van der Waals surface area contributed by atoms with E-state index in [4.69, 9.17) is 4.74 Å². The predicted octanol–water partition coefficient (Wildman–Crippen LogP) is 4.42. The molecule has 100 valence electrons. The lowest BCUT2D eigenvalue weighted by molar-refractivity contribution is -0.153. The van der Waals surface area contributed by atoms with Gasteiger partial charge in [-0.05, 0) is 36.4 Å². The van der Waals surface area contributed by atoms with Gasteiger partial charge in [-0.2, -0.15) is 13.2 Å². The van der Waals surface area contributed by atoms with Crippen LogP contribution in [0.2, 0.25) is 0 Å². The van der Waals surface area contributed by atoms with Crippen molar-refractivity contribution in [2.45, 2.75) is 6.18 Å². The molecule has 2 aromatic rings. The lowest BCUT2D eigenvalue weighted by Gasteiger charge is -2.10. The molecule has 0 aliphatic rings. The molecular weight excluding hydrogens is 257 g/mol. The molecule has 0 heterocycles. The Kier molecular flexibility index (Phi) is 3.94. The third-order valence-electron chi connectivity index (χ3n) is 2.21. The number of rotatable bonds is 4. The van der Waals surface area contributed by atoms with Crippen LogP contribution in [0.4, 0.5) is 13.2 Å². The molecule has 0 spiro atoms. The van der Waals surface area contributed by atoms with Crippen molar-refractivity contribution in [1.29, 1.82) is 0 Å². The number of para-hydroxylation sites is 1. The summed E-state index contributed by atoms with van der Waals surface area (Å²) in [5, 5.41) is 0. The maximum Gasteiger partial charge on any atom is 0.422 e. The van der Waals surface area contributed by atoms with E-state index in [0.29, 0.717) is 11.5 Å². The van der Waals surface area contributed by atoms with Crippen molar-refractivity contribution in [3.05, 3.63) is 54.6 Å². The molecule has 5 heteroatoms. The predicted molar refractivity (Wildman–Crippen MR) is 64.5 cm³/mol. The average molecular weight is 268 g/mol. The number of ether oxygens (including phenoxy) is 2. The zero-order valence-electron chi connectivity index (χ0n) is 9.85. The molecule has 2 aromatic carbocycles. The fourth-order valence-electron chi connectivity index (χ4n) is 1.39. The number of benzene rings is 2. The van der Waals surface area contributed by atoms with Gasteiger partial charge in [-0.3, -0.25) is 0 Å². The highest BCUT2D eigenvalue weighted by atomic mass is 19.4. The Labute approximate surface area is 108 Å². The summed E-state index contributed by atoms with van der Waals surface area (Å²) in [4.78, 5) is 0. The molecule has 0 atom stereocenters. The smallest absolute Gasteiger partial charge is 0.422 e. The fourth-order valence-corrected chi connectivity index (χ4v) is 1.39. The van der Waals surface area contributed by atoms with E-state index in [9.17, 15) is 13.2 Å². The molecule has 0 saturated carbocycles. The Morgan fingerprint density at radius 1 is 0.737 bits per heavy atom. The van der Waals surface area contributed by atoms with E-state index in [1.54, 1.807) is 24.3 Å². The van der Waals surface area contributed by atoms with Crippen LogP contribution in [0.25, 0.3) is 0 Å². The maximum atomic E-state index is 12.0. The maximum absolute atomic E-state index is 12.0. The summed E-state index contributed by atoms with van der Waals surface area (Å²) >= 11 is 0. The van der Waals surface area contributed by atoms with Crippen LogP contribution < -0.4 is 9.47 Å². The van der Waals surface area contributed by atoms with Gasteiger partial charge in [-0.15, -0.1) is 0 Å². The van der Waals surface area contributed by atoms with Crippen LogP contribution in [-0.4, -0.2) is 12.8 Å². The zero-order valence-corrected chi connectivity index (χ0v) is 9.85. The van der Waals surface area contributed by atoms with E-state index < -0.39 is 12.8 Å². The van der Waals surface area contributed by atoms with E-state index in [2.05, 4.69) is 4.74 Å². The van der Waals surface area contributed by atoms with Gasteiger partial charge in [0, 0.05) is 0 Å². The van der Waals surface area contributed by atoms with Gasteiger partial charge < -0.3 is 9.47 Å². The minimum atomic E-state index is -4.33. The summed E-state index contributed by atoms with van der Waals surface area (Å²) in [5.74, 6) is 1.34. The van der Waals surface area contributed by atoms with Crippen LogP contribution in [0, 0.1) is 0 Å². The van der Waals surface area contributed by atoms with Gasteiger partial charge in [0.15, 0.2) is 6.61 Å². The third kappa shape index (κ3) is 4.54. The standard InChI is InChI=1S/C14H11F3O2/c15-14(16,17)10-18-11-6-8-13(9-7-11)19-12-4-2-1-3-5-12/h1-9H,10H2. The van der Waals surface area contributed by atoms with Gasteiger partial charge in [0.05, 0.1) is 0 Å². The molecule has 0 aromatic heterocycles. The minimum Gasteiger partial charge on any atom is -0.484 e. The van der Waals surface area contributed by atoms with E-state index in [0.717, 1.165) is 0 Å². The monoisotopic (exact) mass is 268 g/mol. The Morgan fingerprint density at radius 2 is 1.26 bits per heavy atom. The molecule has 2 nitrogen and oxygen atoms in total. The molecule has 0 fully saturated rings. The van der Waals surface area contributed by atoms with Crippen molar-refractivity contribution in [2.24, 2.45) is 0 Å². The number of alkyl halides is 3. The van der Waals surface area contributed by atoms with E-state index in [1.807, 2.05) is 18.2 Å². The molecule has 0 N–H and O–H groups in total. The Bertz CT molecular complexity index is 506. The van der Waals surface area contributed by atoms with Crippen molar-refractivity contribution in [3.63, 3.8) is 0 Å². The van der Waals surface area contributed by atoms with Crippen LogP contribution in [0.15, 0.2) is 54.6 Å². The van der Waals surface area contributed by atoms with E-state index >= 15 is 0 Å². The lowest BCUT2D eigenvalue weighted by atomic mass is 10.3.